The quantitative estimate of drug-likeness (QED) is 0.0297. The van der Waals surface area contributed by atoms with Crippen molar-refractivity contribution in [2.24, 2.45) is 5.14 Å². The van der Waals surface area contributed by atoms with Crippen molar-refractivity contribution in [3.8, 4) is 46.1 Å². The minimum Gasteiger partial charge on any atom is -0.444 e. The van der Waals surface area contributed by atoms with Crippen LogP contribution in [0.1, 0.15) is 192 Å². The highest BCUT2D eigenvalue weighted by atomic mass is 79.9. The highest BCUT2D eigenvalue weighted by molar-refractivity contribution is 9.10. The molecule has 0 aromatic carbocycles. The van der Waals surface area contributed by atoms with Crippen LogP contribution in [0, 0.1) is 24.7 Å². The van der Waals surface area contributed by atoms with Crippen molar-refractivity contribution in [2.75, 3.05) is 57.2 Å². The maximum absolute atomic E-state index is 12.5. The number of rotatable bonds is 21. The Hall–Kier alpha value is -9.99. The number of amides is 1. The highest BCUT2D eigenvalue weighted by Crippen LogP contribution is 2.43. The molecule has 108 heavy (non-hydrogen) atoms. The number of piperidine rings is 1. The molecule has 32 nitrogen and oxygen atoms in total. The SMILES string of the molecule is C#Cc1cnc(N2CCCCC2)nc1Nc1cc(C2CC2)[nH]n1.C#Cc1cnc(N2CC[C@@H](NC(=O)OC(C)(C)C)C2)nc1Nc1cc(C2CC2)[nH]n1.CC(C)(C)NS(=O)(=O)c1ccc(-c2ncc(Br)c(Nc3cc(C4CC4)[nH]n3)n2)s1.NS(=O)(=O)c1ccc(-c2ncc(CO)c(Nc3cc(C4CC4)[nH]n3)n2)s1.[HH].[HH].[HH].[HH].[HH].[HH].[HH]. The van der Waals surface area contributed by atoms with Crippen LogP contribution in [0.4, 0.5) is 63.2 Å². The van der Waals surface area contributed by atoms with Crippen LogP contribution in [-0.2, 0) is 31.4 Å². The number of alkyl carbamates (subject to hydrolysis) is 1. The van der Waals surface area contributed by atoms with E-state index in [0.717, 1.165) is 90.4 Å². The third kappa shape index (κ3) is 20.4. The summed E-state index contributed by atoms with van der Waals surface area (Å²) in [4.78, 5) is 53.1. The number of aliphatic hydroxyl groups excluding tert-OH is 1. The van der Waals surface area contributed by atoms with Gasteiger partial charge in [-0.3, -0.25) is 20.4 Å². The average molecular weight is 1620 g/mol. The number of ether oxygens (including phenoxy) is 1. The topological polar surface area (TPSA) is 437 Å². The Kier molecular flexibility index (Phi) is 22.9. The van der Waals surface area contributed by atoms with E-state index >= 15 is 0 Å². The summed E-state index contributed by atoms with van der Waals surface area (Å²) in [6.07, 6.45) is 31.3. The Balaban J connectivity index is 0.000000235. The number of anilines is 10. The predicted octanol–water partition coefficient (Wildman–Crippen LogP) is 13.5. The smallest absolute Gasteiger partial charge is 0.407 e. The summed E-state index contributed by atoms with van der Waals surface area (Å²) in [5.41, 5.74) is 5.15. The first-order valence-electron chi connectivity index (χ1n) is 35.4. The molecular formula is C71H98BrN25O7S4. The molecule has 13 N–H and O–H groups in total. The first kappa shape index (κ1) is 76.2. The van der Waals surface area contributed by atoms with Gasteiger partial charge in [-0.05, 0) is 159 Å². The predicted molar refractivity (Wildman–Crippen MR) is 432 cm³/mol. The van der Waals surface area contributed by atoms with Crippen LogP contribution in [0.25, 0.3) is 21.4 Å². The number of carbonyl (C=O) groups is 1. The van der Waals surface area contributed by atoms with Crippen molar-refractivity contribution in [1.29, 1.82) is 0 Å². The van der Waals surface area contributed by atoms with Crippen LogP contribution >= 0.6 is 38.6 Å². The van der Waals surface area contributed by atoms with Gasteiger partial charge < -0.3 is 46.2 Å². The first-order chi connectivity index (χ1) is 51.7. The number of H-pyrrole nitrogens is 4. The fourth-order valence-corrected chi connectivity index (χ4v) is 16.2. The van der Waals surface area contributed by atoms with Gasteiger partial charge in [0.2, 0.25) is 21.9 Å². The Morgan fingerprint density at radius 3 is 1.49 bits per heavy atom. The lowest BCUT2D eigenvalue weighted by molar-refractivity contribution is 0.0508. The molecule has 6 fully saturated rings. The Bertz CT molecular complexity index is 5220. The summed E-state index contributed by atoms with van der Waals surface area (Å²) in [6, 6.07) is 14.2. The third-order valence-corrected chi connectivity index (χ3v) is 23.9. The van der Waals surface area contributed by atoms with Gasteiger partial charge in [-0.2, -0.15) is 30.4 Å². The van der Waals surface area contributed by atoms with Gasteiger partial charge in [-0.15, -0.1) is 35.5 Å². The van der Waals surface area contributed by atoms with Gasteiger partial charge in [0, 0.05) is 130 Å². The Labute approximate surface area is 651 Å². The molecule has 0 spiro atoms. The number of aromatic nitrogens is 16. The van der Waals surface area contributed by atoms with Gasteiger partial charge >= 0.3 is 6.09 Å². The summed E-state index contributed by atoms with van der Waals surface area (Å²) in [5, 5.41) is 59.6. The number of sulfonamides is 2. The number of carbonyl (C=O) groups excluding carboxylic acids is 1. The lowest BCUT2D eigenvalue weighted by atomic mass is 10.1. The maximum atomic E-state index is 12.5. The molecule has 0 unspecified atom stereocenters. The largest absolute Gasteiger partial charge is 0.444 e. The van der Waals surface area contributed by atoms with Gasteiger partial charge in [0.05, 0.1) is 50.4 Å². The van der Waals surface area contributed by atoms with E-state index in [1.165, 1.54) is 75.7 Å². The molecular weight excluding hydrogens is 1520 g/mol. The minimum absolute atomic E-state index is 0. The lowest BCUT2D eigenvalue weighted by Crippen LogP contribution is -2.40. The standard InChI is InChI=1S/C21H27N7O2.C18H21BrN6O2S2.C17H20N6.C15H16N6O3S2.7H2/c1-5-13-11-22-19(25-18(13)24-17-10-16(26-27-17)14-6-7-14)28-9-8-15(12-28)23-20(29)30-21(2,3)4;1-18(2,3)25-29(26,27)15-7-6-13(28-15)17-20-9-11(19)16(22-17)21-14-8-12(23-24-14)10-4-5-10;1-2-12-11-18-17(23-8-4-3-5-9-23)20-16(12)19-15-10-14(21-22-15)13-6-7-13;16-26(23,24)13-4-3-11(25-13)15-17-6-9(7-22)14(19-15)18-12-5-10(20-21-12)8-1-2-8;;;;;;;/h1,10-11,14-15H,6-9,12H2,2-4H3,(H,23,29)(H2,22,24,25,26,27);6-10,25H,4-5H2,1-3H3,(H2,20,21,22,23,24);1,10-11,13H,3-9H2,(H2,18,19,20,21,22);3-6,8,22H,1-2,7H2,(H2,16,23,24)(H2,17,18,19,20,21);7*1H/t15-;;;;;;;;;;/m1........../s1. The van der Waals surface area contributed by atoms with E-state index in [-0.39, 0.29) is 31.1 Å². The van der Waals surface area contributed by atoms with E-state index in [9.17, 15) is 26.7 Å². The van der Waals surface area contributed by atoms with Gasteiger partial charge in [0.15, 0.2) is 46.6 Å². The van der Waals surface area contributed by atoms with Crippen molar-refractivity contribution >= 4 is 123 Å². The number of nitrogens with two attached hydrogens (primary N) is 1. The second kappa shape index (κ2) is 32.4. The monoisotopic (exact) mass is 1620 g/mol. The zero-order valence-electron chi connectivity index (χ0n) is 60.2. The molecule has 16 rings (SSSR count). The molecule has 4 aliphatic carbocycles. The molecule has 10 aromatic heterocycles. The Morgan fingerprint density at radius 2 is 1.05 bits per heavy atom. The second-order valence-corrected chi connectivity index (χ2v) is 35.7. The number of hydrogen-bond donors (Lipinski definition) is 12. The van der Waals surface area contributed by atoms with Gasteiger partial charge in [0.1, 0.15) is 25.7 Å². The molecule has 12 heterocycles. The van der Waals surface area contributed by atoms with Crippen molar-refractivity contribution in [1.82, 2.24) is 90.7 Å². The van der Waals surface area contributed by atoms with E-state index < -0.39 is 37.3 Å². The van der Waals surface area contributed by atoms with E-state index in [2.05, 4.69) is 145 Å². The first-order valence-corrected chi connectivity index (χ1v) is 40.9. The molecule has 0 radical (unpaired) electrons. The number of nitrogens with one attached hydrogen (secondary N) is 10. The summed E-state index contributed by atoms with van der Waals surface area (Å²) in [5.74, 6) is 14.6. The number of terminal acetylenes is 2. The molecule has 1 atom stereocenters. The molecule has 2 saturated heterocycles. The molecule has 0 bridgehead atoms. The van der Waals surface area contributed by atoms with E-state index in [1.54, 1.807) is 57.6 Å². The molecule has 4 saturated carbocycles. The molecule has 10 aromatic rings. The fraction of sp³-hybridized carbons (Fsp3) is 0.423. The van der Waals surface area contributed by atoms with Gasteiger partial charge in [-0.1, -0.05) is 11.8 Å². The van der Waals surface area contributed by atoms with Crippen LogP contribution < -0.4 is 46.2 Å². The van der Waals surface area contributed by atoms with Crippen molar-refractivity contribution < 1.29 is 41.5 Å². The second-order valence-electron chi connectivity index (χ2n) is 29.0. The molecule has 580 valence electrons. The van der Waals surface area contributed by atoms with Crippen LogP contribution in [0.2, 0.25) is 0 Å². The van der Waals surface area contributed by atoms with E-state index in [1.807, 2.05) is 49.9 Å². The molecule has 1 amide bonds. The average Bonchev–Trinajstić information content (AvgIpc) is 1.70. The van der Waals surface area contributed by atoms with Crippen molar-refractivity contribution in [2.45, 2.75) is 174 Å². The minimum atomic E-state index is -3.77. The van der Waals surface area contributed by atoms with E-state index in [0.29, 0.717) is 119 Å². The number of thiophene rings is 2. The summed E-state index contributed by atoms with van der Waals surface area (Å²) in [6.45, 7) is 14.0. The lowest BCUT2D eigenvalue weighted by Gasteiger charge is -2.26. The summed E-state index contributed by atoms with van der Waals surface area (Å²) in [7, 11) is -7.37. The number of nitrogens with zero attached hydrogens (tertiary/aromatic N) is 14. The van der Waals surface area contributed by atoms with Gasteiger partial charge in [-0.25, -0.2) is 61.4 Å². The van der Waals surface area contributed by atoms with E-state index in [4.69, 9.17) is 22.7 Å². The Morgan fingerprint density at radius 1 is 0.602 bits per heavy atom. The number of aromatic amines is 4. The molecule has 2 aliphatic heterocycles. The van der Waals surface area contributed by atoms with Crippen molar-refractivity contribution in [3.05, 3.63) is 117 Å². The number of hydrogen-bond acceptors (Lipinski definition) is 27. The number of primary sulfonamides is 1. The molecule has 37 heteroatoms. The number of aliphatic hydroxyl groups is 1. The number of halogens is 1. The zero-order chi connectivity index (χ0) is 76.1. The molecule has 6 aliphatic rings. The summed E-state index contributed by atoms with van der Waals surface area (Å²) >= 11 is 5.57. The van der Waals surface area contributed by atoms with Crippen LogP contribution in [-0.4, -0.2) is 152 Å². The van der Waals surface area contributed by atoms with Crippen LogP contribution in [0.15, 0.2) is 86.2 Å². The van der Waals surface area contributed by atoms with Crippen LogP contribution in [0.3, 0.4) is 0 Å². The highest BCUT2D eigenvalue weighted by Gasteiger charge is 2.32. The fourth-order valence-electron chi connectivity index (χ4n) is 11.5. The third-order valence-electron chi connectivity index (χ3n) is 17.5. The van der Waals surface area contributed by atoms with Crippen LogP contribution in [0.5, 0.6) is 0 Å². The van der Waals surface area contributed by atoms with Gasteiger partial charge in [0.25, 0.3) is 10.0 Å². The normalized spacial score (nSPS) is 16.5. The van der Waals surface area contributed by atoms with Crippen molar-refractivity contribution in [3.63, 3.8) is 0 Å². The summed E-state index contributed by atoms with van der Waals surface area (Å²) < 4.78 is 56.9. The zero-order valence-corrected chi connectivity index (χ0v) is 65.1. The maximum Gasteiger partial charge on any atom is 0.407 e.